The maximum absolute atomic E-state index is 12.0. The van der Waals surface area contributed by atoms with Crippen molar-refractivity contribution in [1.82, 2.24) is 4.98 Å². The van der Waals surface area contributed by atoms with Gasteiger partial charge < -0.3 is 14.2 Å². The van der Waals surface area contributed by atoms with E-state index in [1.54, 1.807) is 12.1 Å². The molecule has 0 aliphatic heterocycles. The molecule has 0 N–H and O–H groups in total. The van der Waals surface area contributed by atoms with Gasteiger partial charge in [-0.15, -0.1) is 0 Å². The van der Waals surface area contributed by atoms with Crippen molar-refractivity contribution in [2.75, 3.05) is 7.11 Å². The highest BCUT2D eigenvalue weighted by Crippen LogP contribution is 2.43. The zero-order valence-corrected chi connectivity index (χ0v) is 19.9. The molecule has 0 amide bonds. The molecule has 178 valence electrons. The molecule has 0 fully saturated rings. The predicted molar refractivity (Wildman–Crippen MR) is 140 cm³/mol. The summed E-state index contributed by atoms with van der Waals surface area (Å²) in [6.07, 6.45) is 0. The zero-order chi connectivity index (χ0) is 24.7. The third kappa shape index (κ3) is 5.05. The summed E-state index contributed by atoms with van der Waals surface area (Å²) in [5, 5.41) is 0.882. The molecule has 0 aliphatic rings. The van der Waals surface area contributed by atoms with Gasteiger partial charge in [0.25, 0.3) is 0 Å². The fraction of sp³-hybridized carbons (Fsp3) is 0.0968. The normalized spacial score (nSPS) is 10.7. The van der Waals surface area contributed by atoms with Gasteiger partial charge in [0.15, 0.2) is 0 Å². The van der Waals surface area contributed by atoms with Crippen LogP contribution in [0.25, 0.3) is 22.0 Å². The van der Waals surface area contributed by atoms with Crippen LogP contribution in [0.5, 0.6) is 11.6 Å². The Hall–Kier alpha value is -4.64. The molecular formula is C31H25NO4. The molecule has 36 heavy (non-hydrogen) atoms. The fourth-order valence-electron chi connectivity index (χ4n) is 4.02. The Morgan fingerprint density at radius 1 is 0.694 bits per heavy atom. The van der Waals surface area contributed by atoms with Crippen molar-refractivity contribution in [3.8, 4) is 22.8 Å². The molecule has 0 unspecified atom stereocenters. The smallest absolute Gasteiger partial charge is 0.337 e. The van der Waals surface area contributed by atoms with Gasteiger partial charge in [0.05, 0.1) is 23.8 Å². The van der Waals surface area contributed by atoms with Gasteiger partial charge in [-0.2, -0.15) is 0 Å². The van der Waals surface area contributed by atoms with Gasteiger partial charge in [0.2, 0.25) is 5.88 Å². The Kier molecular flexibility index (Phi) is 6.90. The van der Waals surface area contributed by atoms with Crippen LogP contribution in [0.3, 0.4) is 0 Å². The number of aromatic nitrogens is 1. The molecule has 4 aromatic carbocycles. The van der Waals surface area contributed by atoms with Gasteiger partial charge in [-0.1, -0.05) is 84.9 Å². The third-order valence-electron chi connectivity index (χ3n) is 5.85. The van der Waals surface area contributed by atoms with Crippen molar-refractivity contribution in [3.05, 3.63) is 126 Å². The molecule has 5 aromatic rings. The minimum absolute atomic E-state index is 0.359. The number of fused-ring (bicyclic) bond motifs is 1. The average Bonchev–Trinajstić information content (AvgIpc) is 2.95. The van der Waals surface area contributed by atoms with Crippen molar-refractivity contribution in [2.45, 2.75) is 13.2 Å². The number of carbonyl (C=O) groups is 1. The van der Waals surface area contributed by atoms with Gasteiger partial charge in [0.1, 0.15) is 19.0 Å². The van der Waals surface area contributed by atoms with E-state index in [0.717, 1.165) is 33.2 Å². The van der Waals surface area contributed by atoms with E-state index in [-0.39, 0.29) is 5.97 Å². The summed E-state index contributed by atoms with van der Waals surface area (Å²) >= 11 is 0. The van der Waals surface area contributed by atoms with Gasteiger partial charge in [-0.3, -0.25) is 0 Å². The van der Waals surface area contributed by atoms with Crippen LogP contribution in [-0.4, -0.2) is 18.1 Å². The summed E-state index contributed by atoms with van der Waals surface area (Å²) in [5.74, 6) is 0.754. The van der Waals surface area contributed by atoms with Crippen LogP contribution in [0.4, 0.5) is 0 Å². The third-order valence-corrected chi connectivity index (χ3v) is 5.85. The van der Waals surface area contributed by atoms with Gasteiger partial charge in [-0.25, -0.2) is 9.78 Å². The maximum atomic E-state index is 12.0. The van der Waals surface area contributed by atoms with Crippen molar-refractivity contribution in [2.24, 2.45) is 0 Å². The van der Waals surface area contributed by atoms with E-state index in [2.05, 4.69) is 0 Å². The molecule has 1 heterocycles. The molecule has 0 radical (unpaired) electrons. The van der Waals surface area contributed by atoms with Crippen molar-refractivity contribution in [3.63, 3.8) is 0 Å². The Bertz CT molecular complexity index is 1470. The Balaban J connectivity index is 1.63. The number of methoxy groups -OCH3 is 1. The maximum Gasteiger partial charge on any atom is 0.337 e. The molecule has 0 saturated heterocycles. The minimum atomic E-state index is -0.390. The SMILES string of the molecule is COC(=O)c1ccc(-c2c(OCc3ccccc3)nc3ccccc3c2OCc2ccccc2)cc1. The summed E-state index contributed by atoms with van der Waals surface area (Å²) in [6, 6.07) is 35.0. The Morgan fingerprint density at radius 3 is 1.92 bits per heavy atom. The number of para-hydroxylation sites is 1. The number of carbonyl (C=O) groups excluding carboxylic acids is 1. The van der Waals surface area contributed by atoms with Crippen LogP contribution in [0.2, 0.25) is 0 Å². The topological polar surface area (TPSA) is 57.7 Å². The number of benzene rings is 4. The standard InChI is InChI=1S/C31H25NO4/c1-34-31(33)25-18-16-24(17-19-25)28-29(35-20-22-10-4-2-5-11-22)26-14-8-9-15-27(26)32-30(28)36-21-23-12-6-3-7-13-23/h2-19H,20-21H2,1H3. The van der Waals surface area contributed by atoms with Crippen LogP contribution in [0.15, 0.2) is 109 Å². The first-order valence-electron chi connectivity index (χ1n) is 11.7. The number of ether oxygens (including phenoxy) is 3. The van der Waals surface area contributed by atoms with Gasteiger partial charge in [-0.05, 0) is 41.0 Å². The number of hydrogen-bond acceptors (Lipinski definition) is 5. The van der Waals surface area contributed by atoms with E-state index >= 15 is 0 Å². The Morgan fingerprint density at radius 2 is 1.28 bits per heavy atom. The van der Waals surface area contributed by atoms with Gasteiger partial charge >= 0.3 is 5.97 Å². The summed E-state index contributed by atoms with van der Waals surface area (Å²) in [7, 11) is 1.37. The Labute approximate surface area is 209 Å². The van der Waals surface area contributed by atoms with Crippen LogP contribution < -0.4 is 9.47 Å². The van der Waals surface area contributed by atoms with E-state index in [9.17, 15) is 4.79 Å². The van der Waals surface area contributed by atoms with Crippen molar-refractivity contribution >= 4 is 16.9 Å². The highest BCUT2D eigenvalue weighted by atomic mass is 16.5. The molecule has 5 nitrogen and oxygen atoms in total. The zero-order valence-electron chi connectivity index (χ0n) is 19.9. The lowest BCUT2D eigenvalue weighted by Crippen LogP contribution is -2.04. The summed E-state index contributed by atoms with van der Waals surface area (Å²) in [6.45, 7) is 0.748. The second kappa shape index (κ2) is 10.7. The summed E-state index contributed by atoms with van der Waals surface area (Å²) in [5.41, 5.74) is 4.89. The number of nitrogens with zero attached hydrogens (tertiary/aromatic N) is 1. The number of esters is 1. The first kappa shape index (κ1) is 23.1. The molecule has 0 bridgehead atoms. The van der Waals surface area contributed by atoms with Crippen molar-refractivity contribution in [1.29, 1.82) is 0 Å². The molecule has 5 heteroatoms. The van der Waals surface area contributed by atoms with Crippen LogP contribution in [-0.2, 0) is 18.0 Å². The molecule has 0 saturated carbocycles. The first-order chi connectivity index (χ1) is 17.7. The van der Waals surface area contributed by atoms with E-state index in [1.165, 1.54) is 7.11 Å². The van der Waals surface area contributed by atoms with Crippen LogP contribution >= 0.6 is 0 Å². The van der Waals surface area contributed by atoms with E-state index < -0.39 is 0 Å². The quantitative estimate of drug-likeness (QED) is 0.230. The second-order valence-corrected chi connectivity index (χ2v) is 8.26. The number of hydrogen-bond donors (Lipinski definition) is 0. The monoisotopic (exact) mass is 475 g/mol. The first-order valence-corrected chi connectivity index (χ1v) is 11.7. The second-order valence-electron chi connectivity index (χ2n) is 8.26. The molecule has 0 spiro atoms. The number of rotatable bonds is 8. The molecular weight excluding hydrogens is 450 g/mol. The molecule has 0 atom stereocenters. The lowest BCUT2D eigenvalue weighted by Gasteiger charge is -2.19. The lowest BCUT2D eigenvalue weighted by molar-refractivity contribution is 0.0600. The largest absolute Gasteiger partial charge is 0.487 e. The van der Waals surface area contributed by atoms with E-state index in [4.69, 9.17) is 19.2 Å². The molecule has 0 aliphatic carbocycles. The predicted octanol–water partition coefficient (Wildman–Crippen LogP) is 6.85. The summed E-state index contributed by atoms with van der Waals surface area (Å²) in [4.78, 5) is 16.9. The molecule has 1 aromatic heterocycles. The highest BCUT2D eigenvalue weighted by Gasteiger charge is 2.20. The lowest BCUT2D eigenvalue weighted by atomic mass is 10.0. The summed E-state index contributed by atoms with van der Waals surface area (Å²) < 4.78 is 17.6. The van der Waals surface area contributed by atoms with Crippen molar-refractivity contribution < 1.29 is 19.0 Å². The number of pyridine rings is 1. The molecule has 5 rings (SSSR count). The van der Waals surface area contributed by atoms with Gasteiger partial charge in [0, 0.05) is 5.39 Å². The minimum Gasteiger partial charge on any atom is -0.487 e. The van der Waals surface area contributed by atoms with E-state index in [0.29, 0.717) is 30.4 Å². The van der Waals surface area contributed by atoms with Crippen LogP contribution in [0.1, 0.15) is 21.5 Å². The van der Waals surface area contributed by atoms with E-state index in [1.807, 2.05) is 97.1 Å². The average molecular weight is 476 g/mol. The fourth-order valence-corrected chi connectivity index (χ4v) is 4.02. The highest BCUT2D eigenvalue weighted by molar-refractivity contribution is 5.95. The van der Waals surface area contributed by atoms with Crippen LogP contribution in [0, 0.1) is 0 Å².